The summed E-state index contributed by atoms with van der Waals surface area (Å²) in [4.78, 5) is 51.7. The van der Waals surface area contributed by atoms with Crippen molar-refractivity contribution in [2.45, 2.75) is 20.1 Å². The highest BCUT2D eigenvalue weighted by atomic mass is 127. The zero-order valence-electron chi connectivity index (χ0n) is 20.3. The molecule has 9 nitrogen and oxygen atoms in total. The van der Waals surface area contributed by atoms with Gasteiger partial charge < -0.3 is 24.4 Å². The summed E-state index contributed by atoms with van der Waals surface area (Å²) in [5.41, 5.74) is 1.27. The topological polar surface area (TPSA) is 111 Å². The maximum absolute atomic E-state index is 13.6. The van der Waals surface area contributed by atoms with Crippen molar-refractivity contribution in [2.24, 2.45) is 0 Å². The quantitative estimate of drug-likeness (QED) is 0.125. The van der Waals surface area contributed by atoms with Gasteiger partial charge in [-0.1, -0.05) is 48.5 Å². The van der Waals surface area contributed by atoms with Gasteiger partial charge in [-0.2, -0.15) is 0 Å². The molecule has 1 atom stereocenters. The van der Waals surface area contributed by atoms with Crippen molar-refractivity contribution in [1.82, 2.24) is 0 Å². The van der Waals surface area contributed by atoms with Crippen molar-refractivity contribution in [3.63, 3.8) is 0 Å². The van der Waals surface area contributed by atoms with Crippen LogP contribution in [-0.4, -0.2) is 31.0 Å². The predicted octanol–water partition coefficient (Wildman–Crippen LogP) is 6.51. The fourth-order valence-corrected chi connectivity index (χ4v) is 7.79. The van der Waals surface area contributed by atoms with Gasteiger partial charge in [-0.25, -0.2) is 9.59 Å². The van der Waals surface area contributed by atoms with E-state index in [1.54, 1.807) is 67.7 Å². The fourth-order valence-electron chi connectivity index (χ4n) is 3.19. The van der Waals surface area contributed by atoms with Crippen LogP contribution in [0.1, 0.15) is 36.1 Å². The molecule has 0 spiro atoms. The van der Waals surface area contributed by atoms with Crippen LogP contribution >= 0.6 is 67.8 Å². The maximum Gasteiger partial charge on any atom is 0.517 e. The Bertz CT molecular complexity index is 1370. The van der Waals surface area contributed by atoms with E-state index in [1.807, 2.05) is 67.8 Å². The van der Waals surface area contributed by atoms with E-state index in [0.29, 0.717) is 27.6 Å². The summed E-state index contributed by atoms with van der Waals surface area (Å²) < 4.78 is 17.7. The molecule has 1 unspecified atom stereocenters. The molecule has 0 radical (unpaired) electrons. The van der Waals surface area contributed by atoms with Gasteiger partial charge in [-0.15, -0.1) is 0 Å². The zero-order valence-corrected chi connectivity index (χ0v) is 26.8. The van der Waals surface area contributed by atoms with Crippen molar-refractivity contribution in [1.29, 1.82) is 0 Å². The van der Waals surface area contributed by atoms with Crippen LogP contribution in [0, 0.1) is 10.7 Å². The number of halogens is 3. The molecule has 0 heterocycles. The van der Waals surface area contributed by atoms with Gasteiger partial charge in [0.1, 0.15) is 5.75 Å². The normalized spacial score (nSPS) is 11.2. The molecule has 198 valence electrons. The molecule has 0 aromatic heterocycles. The molecule has 0 fully saturated rings. The van der Waals surface area contributed by atoms with Crippen LogP contribution in [0.2, 0.25) is 0 Å². The van der Waals surface area contributed by atoms with Gasteiger partial charge in [0.05, 0.1) is 27.6 Å². The lowest BCUT2D eigenvalue weighted by Gasteiger charge is -2.25. The van der Waals surface area contributed by atoms with Crippen molar-refractivity contribution in [2.75, 3.05) is 17.3 Å². The number of ether oxygens (including phenoxy) is 3. The first-order valence-electron chi connectivity index (χ1n) is 10.9. The Kier molecular flexibility index (Phi) is 10.7. The third-order valence-electron chi connectivity index (χ3n) is 5.04. The number of nitrogens with one attached hydrogen (secondary N) is 1. The van der Waals surface area contributed by atoms with E-state index in [2.05, 4.69) is 5.32 Å². The number of benzene rings is 3. The van der Waals surface area contributed by atoms with Crippen LogP contribution in [0.25, 0.3) is 0 Å². The second-order valence-corrected chi connectivity index (χ2v) is 11.0. The molecule has 3 aromatic carbocycles. The summed E-state index contributed by atoms with van der Waals surface area (Å²) in [5.74, 6) is -1.20. The van der Waals surface area contributed by atoms with E-state index in [-0.39, 0.29) is 23.1 Å². The Balaban J connectivity index is 2.03. The van der Waals surface area contributed by atoms with E-state index in [0.717, 1.165) is 0 Å². The summed E-state index contributed by atoms with van der Waals surface area (Å²) in [6.45, 7) is 2.73. The lowest BCUT2D eigenvalue weighted by Crippen LogP contribution is -2.28. The number of anilines is 2. The Morgan fingerprint density at radius 2 is 1.39 bits per heavy atom. The second kappa shape index (κ2) is 13.5. The van der Waals surface area contributed by atoms with Crippen LogP contribution in [0.3, 0.4) is 0 Å². The average molecular weight is 854 g/mol. The average Bonchev–Trinajstić information content (AvgIpc) is 2.87. The highest BCUT2D eigenvalue weighted by Gasteiger charge is 2.31. The summed E-state index contributed by atoms with van der Waals surface area (Å²) in [7, 11) is 1.57. The number of amides is 2. The van der Waals surface area contributed by atoms with Crippen molar-refractivity contribution >= 4 is 103 Å². The minimum Gasteiger partial charge on any atom is -0.417 e. The summed E-state index contributed by atoms with van der Waals surface area (Å²) in [5, 5.41) is 2.73. The molecule has 12 heteroatoms. The molecule has 3 aromatic rings. The molecular formula is C26H21I3N2O7. The van der Waals surface area contributed by atoms with Crippen LogP contribution in [0.15, 0.2) is 60.7 Å². The Labute approximate surface area is 260 Å². The molecule has 3 rings (SSSR count). The van der Waals surface area contributed by atoms with Crippen molar-refractivity contribution in [3.05, 3.63) is 82.5 Å². The predicted molar refractivity (Wildman–Crippen MR) is 166 cm³/mol. The largest absolute Gasteiger partial charge is 0.517 e. The minimum atomic E-state index is -1.44. The summed E-state index contributed by atoms with van der Waals surface area (Å²) in [6.07, 6.45) is -2.51. The molecule has 0 aliphatic rings. The first kappa shape index (κ1) is 30.1. The molecule has 0 aliphatic carbocycles. The summed E-state index contributed by atoms with van der Waals surface area (Å²) in [6, 6.07) is 16.8. The molecule has 0 saturated heterocycles. The Hall–Kier alpha value is -2.47. The molecule has 38 heavy (non-hydrogen) atoms. The van der Waals surface area contributed by atoms with E-state index in [1.165, 1.54) is 18.7 Å². The van der Waals surface area contributed by atoms with Crippen LogP contribution in [0.4, 0.5) is 16.2 Å². The second-order valence-electron chi connectivity index (χ2n) is 7.73. The highest BCUT2D eigenvalue weighted by Crippen LogP contribution is 2.41. The van der Waals surface area contributed by atoms with Gasteiger partial charge >= 0.3 is 12.1 Å². The number of hydrogen-bond acceptors (Lipinski definition) is 7. The van der Waals surface area contributed by atoms with Gasteiger partial charge in [-0.3, -0.25) is 9.59 Å². The van der Waals surface area contributed by atoms with Gasteiger partial charge in [0, 0.05) is 26.5 Å². The smallest absolute Gasteiger partial charge is 0.417 e. The van der Waals surface area contributed by atoms with E-state index in [4.69, 9.17) is 14.2 Å². The number of carbonyl (C=O) groups is 4. The molecule has 2 amide bonds. The maximum atomic E-state index is 13.6. The SMILES string of the molecule is CC(=O)Nc1c(I)c(C(=O)OC(OC(=O)Oc2ccccc2)c2ccccc2)c(I)c(N(C)C(C)=O)c1I. The third-order valence-corrected chi connectivity index (χ3v) is 8.22. The number of hydrogen-bond donors (Lipinski definition) is 1. The Morgan fingerprint density at radius 1 is 0.816 bits per heavy atom. The minimum absolute atomic E-state index is 0.0967. The molecule has 0 aliphatic heterocycles. The molecule has 0 saturated carbocycles. The highest BCUT2D eigenvalue weighted by molar-refractivity contribution is 14.1. The molecular weight excluding hydrogens is 833 g/mol. The van der Waals surface area contributed by atoms with E-state index >= 15 is 0 Å². The third kappa shape index (κ3) is 7.34. The van der Waals surface area contributed by atoms with Crippen LogP contribution in [0.5, 0.6) is 5.75 Å². The monoisotopic (exact) mass is 854 g/mol. The Morgan fingerprint density at radius 3 is 1.95 bits per heavy atom. The van der Waals surface area contributed by atoms with Crippen molar-refractivity contribution < 1.29 is 33.4 Å². The number of para-hydroxylation sites is 1. The molecule has 1 N–H and O–H groups in total. The van der Waals surface area contributed by atoms with Gasteiger partial charge in [-0.05, 0) is 79.9 Å². The van der Waals surface area contributed by atoms with Gasteiger partial charge in [0.15, 0.2) is 0 Å². The molecule has 0 bridgehead atoms. The standard InChI is InChI=1S/C26H21I3N2O7/c1-14(32)30-22-19(27)18(20(28)23(21(22)29)31(3)15(2)33)24(34)37-25(16-10-6-4-7-11-16)38-26(35)36-17-12-8-5-9-13-17/h4-13,25H,1-3H3,(H,30,32). The van der Waals surface area contributed by atoms with E-state index < -0.39 is 18.4 Å². The first-order chi connectivity index (χ1) is 18.0. The van der Waals surface area contributed by atoms with Gasteiger partial charge in [0.2, 0.25) is 11.8 Å². The number of rotatable bonds is 7. The summed E-state index contributed by atoms with van der Waals surface area (Å²) >= 11 is 5.92. The van der Waals surface area contributed by atoms with Gasteiger partial charge in [0.25, 0.3) is 6.29 Å². The number of carbonyl (C=O) groups excluding carboxylic acids is 4. The number of esters is 1. The lowest BCUT2D eigenvalue weighted by atomic mass is 10.1. The first-order valence-corrected chi connectivity index (χ1v) is 14.2. The fraction of sp³-hybridized carbons (Fsp3) is 0.154. The van der Waals surface area contributed by atoms with Crippen molar-refractivity contribution in [3.8, 4) is 5.75 Å². The van der Waals surface area contributed by atoms with E-state index in [9.17, 15) is 19.2 Å². The van der Waals surface area contributed by atoms with Crippen LogP contribution in [-0.2, 0) is 19.1 Å². The lowest BCUT2D eigenvalue weighted by molar-refractivity contribution is -0.116. The number of nitrogens with zero attached hydrogens (tertiary/aromatic N) is 1. The van der Waals surface area contributed by atoms with Crippen LogP contribution < -0.4 is 15.0 Å². The zero-order chi connectivity index (χ0) is 28.0.